The molecule has 18 heavy (non-hydrogen) atoms. The third kappa shape index (κ3) is 2.92. The molecule has 2 heterocycles. The average Bonchev–Trinajstić information content (AvgIpc) is 2.72. The summed E-state index contributed by atoms with van der Waals surface area (Å²) in [4.78, 5) is 0. The number of aromatic nitrogens is 4. The molecule has 0 spiro atoms. The highest BCUT2D eigenvalue weighted by molar-refractivity contribution is 5.26. The van der Waals surface area contributed by atoms with Gasteiger partial charge in [0.25, 0.3) is 0 Å². The summed E-state index contributed by atoms with van der Waals surface area (Å²) in [6.45, 7) is 8.29. The maximum Gasteiger partial charge on any atom is 0.175 e. The Hall–Kier alpha value is -1.75. The van der Waals surface area contributed by atoms with Gasteiger partial charge in [-0.1, -0.05) is 13.8 Å². The van der Waals surface area contributed by atoms with E-state index in [1.165, 1.54) is 5.56 Å². The van der Waals surface area contributed by atoms with Gasteiger partial charge in [0.2, 0.25) is 0 Å². The Balaban J connectivity index is 2.09. The van der Waals surface area contributed by atoms with E-state index in [1.807, 2.05) is 29.9 Å². The van der Waals surface area contributed by atoms with Gasteiger partial charge in [-0.3, -0.25) is 0 Å². The molecule has 0 aliphatic rings. The van der Waals surface area contributed by atoms with E-state index in [2.05, 4.69) is 34.5 Å². The lowest BCUT2D eigenvalue weighted by molar-refractivity contribution is 0.551. The predicted molar refractivity (Wildman–Crippen MR) is 70.4 cm³/mol. The molecule has 1 N–H and O–H groups in total. The summed E-state index contributed by atoms with van der Waals surface area (Å²) < 4.78 is 1.82. The lowest BCUT2D eigenvalue weighted by Crippen LogP contribution is -2.19. The molecule has 0 unspecified atom stereocenters. The van der Waals surface area contributed by atoms with Crippen LogP contribution in [0.3, 0.4) is 0 Å². The second-order valence-electron chi connectivity index (χ2n) is 4.77. The molecule has 2 aromatic rings. The molecule has 0 fully saturated rings. The largest absolute Gasteiger partial charge is 0.312 e. The van der Waals surface area contributed by atoms with Gasteiger partial charge in [0, 0.05) is 24.0 Å². The zero-order chi connectivity index (χ0) is 13.0. The van der Waals surface area contributed by atoms with Crippen LogP contribution < -0.4 is 5.32 Å². The number of hydrogen-bond acceptors (Lipinski definition) is 4. The van der Waals surface area contributed by atoms with Crippen LogP contribution in [0.2, 0.25) is 0 Å². The fraction of sp³-hybridized carbons (Fsp3) is 0.462. The molecule has 0 bridgehead atoms. The normalized spacial score (nSPS) is 11.1. The Labute approximate surface area is 107 Å². The van der Waals surface area contributed by atoms with Gasteiger partial charge in [-0.2, -0.15) is 10.2 Å². The molecular formula is C13H19N5. The van der Waals surface area contributed by atoms with Gasteiger partial charge in [-0.15, -0.1) is 5.10 Å². The van der Waals surface area contributed by atoms with E-state index in [1.54, 1.807) is 6.20 Å². The Bertz CT molecular complexity index is 489. The third-order valence-corrected chi connectivity index (χ3v) is 2.75. The maximum atomic E-state index is 4.36. The molecule has 96 valence electrons. The number of hydrogen-bond donors (Lipinski definition) is 1. The minimum atomic E-state index is 0.653. The Morgan fingerprint density at radius 1 is 1.39 bits per heavy atom. The van der Waals surface area contributed by atoms with Gasteiger partial charge in [-0.25, -0.2) is 4.68 Å². The Kier molecular flexibility index (Phi) is 4.04. The first-order valence-electron chi connectivity index (χ1n) is 6.20. The SMILES string of the molecule is Cc1c(CNCC(C)C)cnn1-c1cccnn1. The van der Waals surface area contributed by atoms with Gasteiger partial charge >= 0.3 is 0 Å². The lowest BCUT2D eigenvalue weighted by atomic mass is 10.2. The molecule has 0 aromatic carbocycles. The van der Waals surface area contributed by atoms with E-state index < -0.39 is 0 Å². The molecule has 0 radical (unpaired) electrons. The molecule has 0 saturated heterocycles. The molecule has 2 rings (SSSR count). The van der Waals surface area contributed by atoms with Crippen molar-refractivity contribution in [3.63, 3.8) is 0 Å². The van der Waals surface area contributed by atoms with Crippen molar-refractivity contribution in [2.45, 2.75) is 27.3 Å². The topological polar surface area (TPSA) is 55.6 Å². The van der Waals surface area contributed by atoms with E-state index >= 15 is 0 Å². The van der Waals surface area contributed by atoms with Crippen molar-refractivity contribution in [2.75, 3.05) is 6.54 Å². The Morgan fingerprint density at radius 3 is 2.89 bits per heavy atom. The summed E-state index contributed by atoms with van der Waals surface area (Å²) in [7, 11) is 0. The van der Waals surface area contributed by atoms with Crippen LogP contribution in [0.1, 0.15) is 25.1 Å². The summed E-state index contributed by atoms with van der Waals surface area (Å²) in [5.41, 5.74) is 2.30. The van der Waals surface area contributed by atoms with Crippen molar-refractivity contribution < 1.29 is 0 Å². The summed E-state index contributed by atoms with van der Waals surface area (Å²) >= 11 is 0. The van der Waals surface area contributed by atoms with Crippen molar-refractivity contribution >= 4 is 0 Å². The molecule has 5 nitrogen and oxygen atoms in total. The van der Waals surface area contributed by atoms with Gasteiger partial charge in [0.15, 0.2) is 5.82 Å². The molecule has 5 heteroatoms. The minimum absolute atomic E-state index is 0.653. The second kappa shape index (κ2) is 5.73. The lowest BCUT2D eigenvalue weighted by Gasteiger charge is -2.07. The smallest absolute Gasteiger partial charge is 0.175 e. The van der Waals surface area contributed by atoms with Gasteiger partial charge in [-0.05, 0) is 31.5 Å². The van der Waals surface area contributed by atoms with Crippen LogP contribution in [-0.2, 0) is 6.54 Å². The number of rotatable bonds is 5. The second-order valence-corrected chi connectivity index (χ2v) is 4.77. The molecule has 0 aliphatic heterocycles. The first-order valence-corrected chi connectivity index (χ1v) is 6.20. The van der Waals surface area contributed by atoms with Gasteiger partial charge in [0.05, 0.1) is 6.20 Å². The van der Waals surface area contributed by atoms with Crippen molar-refractivity contribution in [1.29, 1.82) is 0 Å². The molecule has 0 aliphatic carbocycles. The van der Waals surface area contributed by atoms with Crippen LogP contribution >= 0.6 is 0 Å². The summed E-state index contributed by atoms with van der Waals surface area (Å²) in [5, 5.41) is 15.7. The predicted octanol–water partition coefficient (Wildman–Crippen LogP) is 1.72. The van der Waals surface area contributed by atoms with Crippen LogP contribution in [0.25, 0.3) is 5.82 Å². The van der Waals surface area contributed by atoms with Crippen LogP contribution in [0, 0.1) is 12.8 Å². The van der Waals surface area contributed by atoms with E-state index in [9.17, 15) is 0 Å². The van der Waals surface area contributed by atoms with Crippen molar-refractivity contribution in [2.24, 2.45) is 5.92 Å². The van der Waals surface area contributed by atoms with E-state index in [0.717, 1.165) is 24.6 Å². The fourth-order valence-electron chi connectivity index (χ4n) is 1.75. The highest BCUT2D eigenvalue weighted by Gasteiger charge is 2.08. The molecule has 0 amide bonds. The quantitative estimate of drug-likeness (QED) is 0.871. The van der Waals surface area contributed by atoms with Gasteiger partial charge < -0.3 is 5.32 Å². The van der Waals surface area contributed by atoms with E-state index in [0.29, 0.717) is 5.92 Å². The summed E-state index contributed by atoms with van der Waals surface area (Å²) in [6, 6.07) is 3.76. The number of nitrogens with zero attached hydrogens (tertiary/aromatic N) is 4. The minimum Gasteiger partial charge on any atom is -0.312 e. The van der Waals surface area contributed by atoms with Crippen molar-refractivity contribution in [1.82, 2.24) is 25.3 Å². The standard InChI is InChI=1S/C13H19N5/c1-10(2)7-14-8-12-9-16-18(11(12)3)13-5-4-6-15-17-13/h4-6,9-10,14H,7-8H2,1-3H3. The Morgan fingerprint density at radius 2 is 2.22 bits per heavy atom. The average molecular weight is 245 g/mol. The third-order valence-electron chi connectivity index (χ3n) is 2.75. The molecule has 0 saturated carbocycles. The van der Waals surface area contributed by atoms with Crippen molar-refractivity contribution in [3.05, 3.63) is 35.8 Å². The summed E-state index contributed by atoms with van der Waals surface area (Å²) in [5.74, 6) is 1.41. The van der Waals surface area contributed by atoms with E-state index in [4.69, 9.17) is 0 Å². The highest BCUT2D eigenvalue weighted by Crippen LogP contribution is 2.11. The zero-order valence-corrected chi connectivity index (χ0v) is 11.1. The van der Waals surface area contributed by atoms with Crippen LogP contribution in [0.15, 0.2) is 24.5 Å². The van der Waals surface area contributed by atoms with Crippen molar-refractivity contribution in [3.8, 4) is 5.82 Å². The molecule has 2 aromatic heterocycles. The van der Waals surface area contributed by atoms with Gasteiger partial charge in [0.1, 0.15) is 0 Å². The maximum absolute atomic E-state index is 4.36. The zero-order valence-electron chi connectivity index (χ0n) is 11.1. The monoisotopic (exact) mass is 245 g/mol. The van der Waals surface area contributed by atoms with Crippen LogP contribution in [0.4, 0.5) is 0 Å². The summed E-state index contributed by atoms with van der Waals surface area (Å²) in [6.07, 6.45) is 3.55. The first kappa shape index (κ1) is 12.7. The van der Waals surface area contributed by atoms with Crippen LogP contribution in [-0.4, -0.2) is 26.5 Å². The number of nitrogens with one attached hydrogen (secondary N) is 1. The highest BCUT2D eigenvalue weighted by atomic mass is 15.3. The fourth-order valence-corrected chi connectivity index (χ4v) is 1.75. The first-order chi connectivity index (χ1) is 8.68. The molecular weight excluding hydrogens is 226 g/mol. The van der Waals surface area contributed by atoms with Crippen LogP contribution in [0.5, 0.6) is 0 Å². The molecule has 0 atom stereocenters. The van der Waals surface area contributed by atoms with E-state index in [-0.39, 0.29) is 0 Å².